The number of benzene rings is 4. The number of aromatic nitrogens is 1. The summed E-state index contributed by atoms with van der Waals surface area (Å²) < 4.78 is 12.5. The third-order valence-electron chi connectivity index (χ3n) is 6.04. The molecule has 0 N–H and O–H groups in total. The van der Waals surface area contributed by atoms with Gasteiger partial charge in [0.1, 0.15) is 22.3 Å². The van der Waals surface area contributed by atoms with Crippen molar-refractivity contribution in [3.63, 3.8) is 0 Å². The largest absolute Gasteiger partial charge is 0.456 e. The van der Waals surface area contributed by atoms with Crippen molar-refractivity contribution in [3.8, 4) is 22.4 Å². The topological polar surface area (TPSA) is 39.2 Å². The van der Waals surface area contributed by atoms with E-state index < -0.39 is 0 Å². The van der Waals surface area contributed by atoms with Crippen molar-refractivity contribution in [1.82, 2.24) is 4.98 Å². The Bertz CT molecular complexity index is 1690. The summed E-state index contributed by atoms with van der Waals surface area (Å²) in [5.41, 5.74) is 7.39. The second kappa shape index (κ2) is 7.70. The van der Waals surface area contributed by atoms with Gasteiger partial charge in [-0.3, -0.25) is 0 Å². The van der Waals surface area contributed by atoms with Gasteiger partial charge in [0.2, 0.25) is 0 Å². The zero-order valence-electron chi connectivity index (χ0n) is 17.3. The molecule has 0 aliphatic rings. The molecule has 3 heterocycles. The van der Waals surface area contributed by atoms with Gasteiger partial charge in [-0.2, -0.15) is 0 Å². The molecule has 0 bridgehead atoms. The monoisotopic (exact) mass is 603 g/mol. The number of nitrogens with zero attached hydrogens (tertiary/aromatic N) is 1. The van der Waals surface area contributed by atoms with Gasteiger partial charge in [-0.25, -0.2) is 0 Å². The summed E-state index contributed by atoms with van der Waals surface area (Å²) in [5, 5.41) is 4.37. The van der Waals surface area contributed by atoms with Crippen molar-refractivity contribution in [3.05, 3.63) is 103 Å². The van der Waals surface area contributed by atoms with E-state index in [9.17, 15) is 0 Å². The molecular formula is C29H16IrNO2-. The molecule has 159 valence electrons. The Morgan fingerprint density at radius 2 is 1.27 bits per heavy atom. The number of furan rings is 2. The van der Waals surface area contributed by atoms with Gasteiger partial charge in [0.25, 0.3) is 0 Å². The second-order valence-corrected chi connectivity index (χ2v) is 7.90. The van der Waals surface area contributed by atoms with Crippen LogP contribution in [0.5, 0.6) is 0 Å². The number of fused-ring (bicyclic) bond motifs is 6. The van der Waals surface area contributed by atoms with Gasteiger partial charge in [-0.15, -0.1) is 35.9 Å². The molecule has 4 aromatic carbocycles. The van der Waals surface area contributed by atoms with Gasteiger partial charge in [0.15, 0.2) is 0 Å². The van der Waals surface area contributed by atoms with Crippen LogP contribution in [-0.4, -0.2) is 4.98 Å². The van der Waals surface area contributed by atoms with E-state index in [0.29, 0.717) is 0 Å². The van der Waals surface area contributed by atoms with Crippen molar-refractivity contribution in [2.75, 3.05) is 0 Å². The standard InChI is InChI=1S/C29H16NO2.Ir/c1-2-8-18(9-3-1)22-16-19(14-15-30-22)27-28-20-10-4-6-12-23(20)31-25(28)17-26-29(27)21-11-5-7-13-24(21)32-26;/h1-8,10-17H;/q-1;. The Balaban J connectivity index is 0.00000206. The quantitative estimate of drug-likeness (QED) is 0.188. The van der Waals surface area contributed by atoms with Crippen LogP contribution in [0.3, 0.4) is 0 Å². The van der Waals surface area contributed by atoms with Crippen molar-refractivity contribution in [1.29, 1.82) is 0 Å². The number of hydrogen-bond donors (Lipinski definition) is 0. The van der Waals surface area contributed by atoms with E-state index in [-0.39, 0.29) is 20.1 Å². The Kier molecular flexibility index (Phi) is 4.65. The van der Waals surface area contributed by atoms with Crippen LogP contribution in [0.1, 0.15) is 0 Å². The van der Waals surface area contributed by atoms with Crippen LogP contribution in [0.25, 0.3) is 66.3 Å². The molecule has 0 spiro atoms. The number of para-hydroxylation sites is 2. The van der Waals surface area contributed by atoms with Gasteiger partial charge >= 0.3 is 0 Å². The molecule has 0 aliphatic heterocycles. The summed E-state index contributed by atoms with van der Waals surface area (Å²) in [6, 6.07) is 33.8. The van der Waals surface area contributed by atoms with Crippen LogP contribution in [0, 0.1) is 6.07 Å². The molecule has 1 radical (unpaired) electrons. The van der Waals surface area contributed by atoms with Crippen LogP contribution >= 0.6 is 0 Å². The Hall–Kier alpha value is -3.72. The fraction of sp³-hybridized carbons (Fsp3) is 0. The minimum Gasteiger partial charge on any atom is -0.456 e. The maximum atomic E-state index is 6.25. The number of rotatable bonds is 2. The molecule has 0 atom stereocenters. The second-order valence-electron chi connectivity index (χ2n) is 7.90. The van der Waals surface area contributed by atoms with E-state index in [2.05, 4.69) is 47.4 Å². The van der Waals surface area contributed by atoms with Gasteiger partial charge in [-0.05, 0) is 29.5 Å². The fourth-order valence-corrected chi connectivity index (χ4v) is 4.67. The predicted molar refractivity (Wildman–Crippen MR) is 129 cm³/mol. The van der Waals surface area contributed by atoms with Crippen LogP contribution in [0.4, 0.5) is 0 Å². The molecule has 0 fully saturated rings. The summed E-state index contributed by atoms with van der Waals surface area (Å²) in [6.07, 6.45) is 1.86. The minimum absolute atomic E-state index is 0. The molecule has 0 saturated carbocycles. The average Bonchev–Trinajstić information content (AvgIpc) is 3.41. The van der Waals surface area contributed by atoms with Crippen LogP contribution in [-0.2, 0) is 20.1 Å². The minimum atomic E-state index is 0. The van der Waals surface area contributed by atoms with E-state index in [0.717, 1.165) is 66.3 Å². The van der Waals surface area contributed by atoms with E-state index in [1.54, 1.807) is 0 Å². The molecule has 0 unspecified atom stereocenters. The van der Waals surface area contributed by atoms with Gasteiger partial charge in [-0.1, -0.05) is 42.5 Å². The maximum Gasteiger partial charge on any atom is 0.139 e. The van der Waals surface area contributed by atoms with Crippen molar-refractivity contribution in [2.24, 2.45) is 0 Å². The van der Waals surface area contributed by atoms with Crippen molar-refractivity contribution < 1.29 is 28.9 Å². The van der Waals surface area contributed by atoms with E-state index in [1.165, 1.54) is 0 Å². The maximum absolute atomic E-state index is 6.25. The first kappa shape index (κ1) is 19.9. The molecule has 0 amide bonds. The van der Waals surface area contributed by atoms with Crippen LogP contribution < -0.4 is 0 Å². The predicted octanol–water partition coefficient (Wildman–Crippen LogP) is 8.01. The summed E-state index contributed by atoms with van der Waals surface area (Å²) in [4.78, 5) is 4.62. The fourth-order valence-electron chi connectivity index (χ4n) is 4.67. The summed E-state index contributed by atoms with van der Waals surface area (Å²) >= 11 is 0. The zero-order valence-corrected chi connectivity index (χ0v) is 19.7. The Morgan fingerprint density at radius 1 is 0.636 bits per heavy atom. The molecule has 7 rings (SSSR count). The zero-order chi connectivity index (χ0) is 21.1. The first-order chi connectivity index (χ1) is 15.9. The molecule has 0 aliphatic carbocycles. The Labute approximate surface area is 203 Å². The molecule has 0 saturated heterocycles. The smallest absolute Gasteiger partial charge is 0.139 e. The third-order valence-corrected chi connectivity index (χ3v) is 6.04. The molecule has 3 aromatic heterocycles. The molecule has 33 heavy (non-hydrogen) atoms. The third kappa shape index (κ3) is 3.03. The van der Waals surface area contributed by atoms with E-state index >= 15 is 0 Å². The van der Waals surface area contributed by atoms with E-state index in [4.69, 9.17) is 8.83 Å². The number of hydrogen-bond acceptors (Lipinski definition) is 3. The van der Waals surface area contributed by atoms with Crippen LogP contribution in [0.15, 0.2) is 106 Å². The normalized spacial score (nSPS) is 11.4. The van der Waals surface area contributed by atoms with E-state index in [1.807, 2.05) is 60.8 Å². The molecular weight excluding hydrogens is 587 g/mol. The molecule has 4 heteroatoms. The SMILES string of the molecule is [Ir].[c-]1ccccc1-c1cc(-c2c3c(cc4oc5ccccc5c24)oc2ccccc23)ccn1. The summed E-state index contributed by atoms with van der Waals surface area (Å²) in [5.74, 6) is 0. The van der Waals surface area contributed by atoms with Crippen LogP contribution in [0.2, 0.25) is 0 Å². The van der Waals surface area contributed by atoms with Gasteiger partial charge in [0.05, 0.1) is 0 Å². The van der Waals surface area contributed by atoms with Gasteiger partial charge < -0.3 is 13.8 Å². The Morgan fingerprint density at radius 3 is 1.91 bits per heavy atom. The summed E-state index contributed by atoms with van der Waals surface area (Å²) in [6.45, 7) is 0. The first-order valence-electron chi connectivity index (χ1n) is 10.6. The number of pyridine rings is 1. The first-order valence-corrected chi connectivity index (χ1v) is 10.6. The summed E-state index contributed by atoms with van der Waals surface area (Å²) in [7, 11) is 0. The molecule has 7 aromatic rings. The van der Waals surface area contributed by atoms with Gasteiger partial charge in [0, 0.05) is 59.5 Å². The average molecular weight is 603 g/mol. The van der Waals surface area contributed by atoms with Crippen molar-refractivity contribution >= 4 is 43.9 Å². The van der Waals surface area contributed by atoms with Crippen molar-refractivity contribution in [2.45, 2.75) is 0 Å². The molecule has 3 nitrogen and oxygen atoms in total.